The fourth-order valence-corrected chi connectivity index (χ4v) is 1.74. The van der Waals surface area contributed by atoms with Crippen LogP contribution in [0.1, 0.15) is 30.9 Å². The van der Waals surface area contributed by atoms with Crippen molar-refractivity contribution < 1.29 is 4.39 Å². The summed E-state index contributed by atoms with van der Waals surface area (Å²) in [5, 5.41) is 0.378. The molecule has 1 atom stereocenters. The van der Waals surface area contributed by atoms with Gasteiger partial charge in [0.2, 0.25) is 0 Å². The number of benzene rings is 1. The van der Waals surface area contributed by atoms with Crippen LogP contribution in [0.15, 0.2) is 18.2 Å². The van der Waals surface area contributed by atoms with Crippen molar-refractivity contribution in [3.8, 4) is 12.3 Å². The molecule has 0 amide bonds. The van der Waals surface area contributed by atoms with Gasteiger partial charge in [0.15, 0.2) is 0 Å². The molecule has 1 aromatic carbocycles. The van der Waals surface area contributed by atoms with Crippen LogP contribution in [0.25, 0.3) is 0 Å². The van der Waals surface area contributed by atoms with Crippen LogP contribution in [0.3, 0.4) is 0 Å². The van der Waals surface area contributed by atoms with Gasteiger partial charge in [0, 0.05) is 23.0 Å². The predicted molar refractivity (Wildman–Crippen MR) is 61.0 cm³/mol. The van der Waals surface area contributed by atoms with Crippen molar-refractivity contribution in [3.05, 3.63) is 34.6 Å². The Morgan fingerprint density at radius 1 is 1.53 bits per heavy atom. The zero-order chi connectivity index (χ0) is 11.3. The molecule has 0 aliphatic carbocycles. The maximum atomic E-state index is 13.4. The summed E-state index contributed by atoms with van der Waals surface area (Å²) in [6.07, 6.45) is 7.20. The number of hydrogen-bond acceptors (Lipinski definition) is 1. The standard InChI is InChI=1S/C12H13ClFN/c1-2-3-4-8-11(15)12-9(13)6-5-7-10(12)14/h1,5-7,11H,3-4,8,15H2. The Kier molecular flexibility index (Phi) is 4.61. The molecule has 15 heavy (non-hydrogen) atoms. The van der Waals surface area contributed by atoms with E-state index in [4.69, 9.17) is 23.8 Å². The highest BCUT2D eigenvalue weighted by molar-refractivity contribution is 6.31. The molecule has 1 unspecified atom stereocenters. The van der Waals surface area contributed by atoms with Gasteiger partial charge in [0.25, 0.3) is 0 Å². The molecule has 0 radical (unpaired) electrons. The molecule has 0 heterocycles. The Balaban J connectivity index is 2.73. The summed E-state index contributed by atoms with van der Waals surface area (Å²) >= 11 is 5.88. The smallest absolute Gasteiger partial charge is 0.129 e. The van der Waals surface area contributed by atoms with Crippen LogP contribution in [0.5, 0.6) is 0 Å². The first-order valence-electron chi connectivity index (χ1n) is 4.79. The van der Waals surface area contributed by atoms with Gasteiger partial charge >= 0.3 is 0 Å². The van der Waals surface area contributed by atoms with Crippen LogP contribution >= 0.6 is 11.6 Å². The second kappa shape index (κ2) is 5.75. The van der Waals surface area contributed by atoms with Gasteiger partial charge in [-0.1, -0.05) is 17.7 Å². The van der Waals surface area contributed by atoms with Crippen molar-refractivity contribution in [1.82, 2.24) is 0 Å². The first-order chi connectivity index (χ1) is 7.16. The SMILES string of the molecule is C#CCCCC(N)c1c(F)cccc1Cl. The third-order valence-corrected chi connectivity index (χ3v) is 2.54. The van der Waals surface area contributed by atoms with Crippen molar-refractivity contribution in [1.29, 1.82) is 0 Å². The fourth-order valence-electron chi connectivity index (χ4n) is 1.43. The molecular weight excluding hydrogens is 213 g/mol. The van der Waals surface area contributed by atoms with Crippen molar-refractivity contribution >= 4 is 11.6 Å². The second-order valence-corrected chi connectivity index (χ2v) is 3.75. The molecule has 0 fully saturated rings. The Labute approximate surface area is 94.4 Å². The third kappa shape index (κ3) is 3.23. The van der Waals surface area contributed by atoms with Crippen molar-refractivity contribution in [2.45, 2.75) is 25.3 Å². The fraction of sp³-hybridized carbons (Fsp3) is 0.333. The quantitative estimate of drug-likeness (QED) is 0.618. The lowest BCUT2D eigenvalue weighted by Gasteiger charge is -2.13. The minimum atomic E-state index is -0.382. The minimum Gasteiger partial charge on any atom is -0.324 e. The molecule has 0 aromatic heterocycles. The van der Waals surface area contributed by atoms with Gasteiger partial charge in [0.05, 0.1) is 0 Å². The topological polar surface area (TPSA) is 26.0 Å². The Morgan fingerprint density at radius 2 is 2.27 bits per heavy atom. The van der Waals surface area contributed by atoms with Crippen LogP contribution in [0.2, 0.25) is 5.02 Å². The molecule has 2 N–H and O–H groups in total. The summed E-state index contributed by atoms with van der Waals surface area (Å²) in [6.45, 7) is 0. The second-order valence-electron chi connectivity index (χ2n) is 3.34. The molecule has 1 aromatic rings. The normalized spacial score (nSPS) is 12.1. The highest BCUT2D eigenvalue weighted by Gasteiger charge is 2.14. The van der Waals surface area contributed by atoms with Crippen molar-refractivity contribution in [2.24, 2.45) is 5.73 Å². The molecule has 1 rings (SSSR count). The summed E-state index contributed by atoms with van der Waals surface area (Å²) in [6, 6.07) is 4.19. The molecule has 0 bridgehead atoms. The van der Waals surface area contributed by atoms with E-state index in [1.54, 1.807) is 12.1 Å². The van der Waals surface area contributed by atoms with E-state index in [1.165, 1.54) is 6.07 Å². The summed E-state index contributed by atoms with van der Waals surface area (Å²) in [4.78, 5) is 0. The van der Waals surface area contributed by atoms with Crippen LogP contribution in [0, 0.1) is 18.2 Å². The molecule has 80 valence electrons. The Bertz CT molecular complexity index is 350. The Hall–Kier alpha value is -1.04. The van der Waals surface area contributed by atoms with Gasteiger partial charge in [-0.05, 0) is 25.0 Å². The van der Waals surface area contributed by atoms with Crippen LogP contribution < -0.4 is 5.73 Å². The molecule has 0 saturated heterocycles. The van der Waals surface area contributed by atoms with E-state index in [-0.39, 0.29) is 11.9 Å². The van der Waals surface area contributed by atoms with Gasteiger partial charge in [-0.25, -0.2) is 4.39 Å². The zero-order valence-corrected chi connectivity index (χ0v) is 9.10. The lowest BCUT2D eigenvalue weighted by atomic mass is 10.0. The van der Waals surface area contributed by atoms with Crippen LogP contribution in [-0.2, 0) is 0 Å². The van der Waals surface area contributed by atoms with Gasteiger partial charge in [-0.2, -0.15) is 0 Å². The van der Waals surface area contributed by atoms with E-state index in [0.29, 0.717) is 23.4 Å². The van der Waals surface area contributed by atoms with Crippen LogP contribution in [0.4, 0.5) is 4.39 Å². The number of rotatable bonds is 4. The maximum Gasteiger partial charge on any atom is 0.129 e. The van der Waals surface area contributed by atoms with Crippen molar-refractivity contribution in [2.75, 3.05) is 0 Å². The van der Waals surface area contributed by atoms with E-state index in [0.717, 1.165) is 6.42 Å². The van der Waals surface area contributed by atoms with E-state index in [9.17, 15) is 4.39 Å². The molecule has 0 spiro atoms. The number of terminal acetylenes is 1. The zero-order valence-electron chi connectivity index (χ0n) is 8.34. The summed E-state index contributed by atoms with van der Waals surface area (Å²) in [5.74, 6) is 2.17. The van der Waals surface area contributed by atoms with E-state index >= 15 is 0 Å². The molecule has 3 heteroatoms. The first-order valence-corrected chi connectivity index (χ1v) is 5.17. The van der Waals surface area contributed by atoms with Crippen LogP contribution in [-0.4, -0.2) is 0 Å². The lowest BCUT2D eigenvalue weighted by molar-refractivity contribution is 0.554. The van der Waals surface area contributed by atoms with E-state index in [2.05, 4.69) is 5.92 Å². The van der Waals surface area contributed by atoms with E-state index < -0.39 is 0 Å². The van der Waals surface area contributed by atoms with Gasteiger partial charge in [-0.15, -0.1) is 12.3 Å². The van der Waals surface area contributed by atoms with Gasteiger partial charge in [0.1, 0.15) is 5.82 Å². The van der Waals surface area contributed by atoms with Gasteiger partial charge < -0.3 is 5.73 Å². The average molecular weight is 226 g/mol. The average Bonchev–Trinajstić information content (AvgIpc) is 2.18. The first kappa shape index (κ1) is 12.0. The number of halogens is 2. The summed E-state index contributed by atoms with van der Waals surface area (Å²) in [7, 11) is 0. The summed E-state index contributed by atoms with van der Waals surface area (Å²) in [5.41, 5.74) is 6.23. The highest BCUT2D eigenvalue weighted by Crippen LogP contribution is 2.27. The predicted octanol–water partition coefficient (Wildman–Crippen LogP) is 3.28. The number of hydrogen-bond donors (Lipinski definition) is 1. The Morgan fingerprint density at radius 3 is 2.87 bits per heavy atom. The monoisotopic (exact) mass is 225 g/mol. The molecular formula is C12H13ClFN. The van der Waals surface area contributed by atoms with Gasteiger partial charge in [-0.3, -0.25) is 0 Å². The highest BCUT2D eigenvalue weighted by atomic mass is 35.5. The molecule has 1 nitrogen and oxygen atoms in total. The maximum absolute atomic E-state index is 13.4. The molecule has 0 aliphatic rings. The number of nitrogens with two attached hydrogens (primary N) is 1. The van der Waals surface area contributed by atoms with E-state index in [1.807, 2.05) is 0 Å². The lowest BCUT2D eigenvalue weighted by Crippen LogP contribution is -2.12. The largest absolute Gasteiger partial charge is 0.324 e. The molecule has 0 aliphatic heterocycles. The van der Waals surface area contributed by atoms with Crippen molar-refractivity contribution in [3.63, 3.8) is 0 Å². The number of unbranched alkanes of at least 4 members (excludes halogenated alkanes) is 1. The molecule has 0 saturated carbocycles. The summed E-state index contributed by atoms with van der Waals surface area (Å²) < 4.78 is 13.4. The third-order valence-electron chi connectivity index (χ3n) is 2.21. The minimum absolute atomic E-state index is 0.351.